The number of ether oxygens (including phenoxy) is 1. The third-order valence-corrected chi connectivity index (χ3v) is 6.93. The molecule has 1 N–H and O–H groups in total. The standard InChI is InChI=1S/C24H18Cl2FNO4S/c25-16-8-5-14(6-9-16)21(17-3-1-2-4-18(17)26)32-20-10-7-15(13-19(20)27)22(29)28-11-12-33-23(28)24(30)31/h1-10,13,21,23H,11-12H2,(H,30,31). The summed E-state index contributed by atoms with van der Waals surface area (Å²) in [6, 6.07) is 17.9. The number of carbonyl (C=O) groups is 2. The first kappa shape index (κ1) is 23.4. The summed E-state index contributed by atoms with van der Waals surface area (Å²) >= 11 is 13.6. The van der Waals surface area contributed by atoms with Gasteiger partial charge in [-0.3, -0.25) is 4.79 Å². The first-order chi connectivity index (χ1) is 15.8. The summed E-state index contributed by atoms with van der Waals surface area (Å²) in [5, 5.41) is 9.33. The fourth-order valence-electron chi connectivity index (χ4n) is 3.54. The summed E-state index contributed by atoms with van der Waals surface area (Å²) in [5.74, 6) is -1.95. The SMILES string of the molecule is O=C(O)C1SCCN1C(=O)c1ccc(OC(c2ccc(Cl)cc2)c2ccccc2Cl)c(F)c1. The van der Waals surface area contributed by atoms with Gasteiger partial charge in [0.2, 0.25) is 0 Å². The minimum atomic E-state index is -1.10. The van der Waals surface area contributed by atoms with Gasteiger partial charge < -0.3 is 14.7 Å². The monoisotopic (exact) mass is 505 g/mol. The largest absolute Gasteiger partial charge is 0.479 e. The minimum Gasteiger partial charge on any atom is -0.479 e. The lowest BCUT2D eigenvalue weighted by Crippen LogP contribution is -2.39. The number of aliphatic carboxylic acids is 1. The summed E-state index contributed by atoms with van der Waals surface area (Å²) in [4.78, 5) is 25.4. The normalized spacial score (nSPS) is 16.5. The summed E-state index contributed by atoms with van der Waals surface area (Å²) in [5.41, 5.74) is 1.40. The van der Waals surface area contributed by atoms with E-state index in [4.69, 9.17) is 27.9 Å². The maximum absolute atomic E-state index is 15.0. The molecule has 3 aromatic rings. The Morgan fingerprint density at radius 2 is 1.82 bits per heavy atom. The lowest BCUT2D eigenvalue weighted by molar-refractivity contribution is -0.138. The number of carbonyl (C=O) groups excluding carboxylic acids is 1. The van der Waals surface area contributed by atoms with Crippen LogP contribution in [0.15, 0.2) is 66.7 Å². The van der Waals surface area contributed by atoms with Crippen LogP contribution in [0.25, 0.3) is 0 Å². The molecule has 0 spiro atoms. The Morgan fingerprint density at radius 3 is 2.48 bits per heavy atom. The highest BCUT2D eigenvalue weighted by molar-refractivity contribution is 8.00. The molecule has 1 amide bonds. The van der Waals surface area contributed by atoms with Gasteiger partial charge in [0, 0.05) is 33.5 Å². The number of carboxylic acids is 1. The molecule has 0 saturated carbocycles. The molecule has 2 unspecified atom stereocenters. The van der Waals surface area contributed by atoms with Crippen molar-refractivity contribution in [3.63, 3.8) is 0 Å². The van der Waals surface area contributed by atoms with Crippen LogP contribution in [0.5, 0.6) is 5.75 Å². The molecule has 1 saturated heterocycles. The fraction of sp³-hybridized carbons (Fsp3) is 0.167. The van der Waals surface area contributed by atoms with Crippen molar-refractivity contribution in [3.05, 3.63) is 99.3 Å². The lowest BCUT2D eigenvalue weighted by atomic mass is 10.0. The van der Waals surface area contributed by atoms with Crippen molar-refractivity contribution < 1.29 is 23.8 Å². The Labute approximate surface area is 204 Å². The molecule has 1 aliphatic rings. The predicted molar refractivity (Wildman–Crippen MR) is 127 cm³/mol. The van der Waals surface area contributed by atoms with Crippen LogP contribution in [-0.4, -0.2) is 39.6 Å². The van der Waals surface area contributed by atoms with Gasteiger partial charge in [0.05, 0.1) is 0 Å². The van der Waals surface area contributed by atoms with E-state index in [2.05, 4.69) is 0 Å². The van der Waals surface area contributed by atoms with E-state index < -0.39 is 29.2 Å². The van der Waals surface area contributed by atoms with Crippen molar-refractivity contribution in [2.24, 2.45) is 0 Å². The predicted octanol–water partition coefficient (Wildman–Crippen LogP) is 5.90. The van der Waals surface area contributed by atoms with E-state index >= 15 is 4.39 Å². The Balaban J connectivity index is 1.63. The number of amides is 1. The number of benzene rings is 3. The van der Waals surface area contributed by atoms with Crippen LogP contribution in [-0.2, 0) is 4.79 Å². The molecule has 0 radical (unpaired) electrons. The Kier molecular flexibility index (Phi) is 7.12. The van der Waals surface area contributed by atoms with Gasteiger partial charge in [0.15, 0.2) is 23.0 Å². The molecular weight excluding hydrogens is 488 g/mol. The molecule has 33 heavy (non-hydrogen) atoms. The van der Waals surface area contributed by atoms with Crippen LogP contribution in [0.4, 0.5) is 4.39 Å². The van der Waals surface area contributed by atoms with Gasteiger partial charge >= 0.3 is 5.97 Å². The highest BCUT2D eigenvalue weighted by atomic mass is 35.5. The van der Waals surface area contributed by atoms with E-state index in [9.17, 15) is 14.7 Å². The minimum absolute atomic E-state index is 0.0504. The van der Waals surface area contributed by atoms with Crippen LogP contribution in [0, 0.1) is 5.82 Å². The molecule has 1 fully saturated rings. The van der Waals surface area contributed by atoms with Crippen molar-refractivity contribution in [2.75, 3.05) is 12.3 Å². The zero-order valence-corrected chi connectivity index (χ0v) is 19.4. The molecule has 170 valence electrons. The molecule has 0 aromatic heterocycles. The van der Waals surface area contributed by atoms with Gasteiger partial charge in [-0.25, -0.2) is 9.18 Å². The molecule has 1 aliphatic heterocycles. The van der Waals surface area contributed by atoms with E-state index in [1.54, 1.807) is 48.5 Å². The maximum atomic E-state index is 15.0. The highest BCUT2D eigenvalue weighted by Crippen LogP contribution is 2.35. The quantitative estimate of drug-likeness (QED) is 0.451. The number of carboxylic acid groups (broad SMARTS) is 1. The summed E-state index contributed by atoms with van der Waals surface area (Å²) in [6.45, 7) is 0.283. The second-order valence-corrected chi connectivity index (χ2v) is 9.31. The third-order valence-electron chi connectivity index (χ3n) is 5.15. The smallest absolute Gasteiger partial charge is 0.337 e. The molecule has 4 rings (SSSR count). The molecule has 1 heterocycles. The van der Waals surface area contributed by atoms with Crippen molar-refractivity contribution in [1.82, 2.24) is 4.90 Å². The highest BCUT2D eigenvalue weighted by Gasteiger charge is 2.35. The second kappa shape index (κ2) is 10.0. The lowest BCUT2D eigenvalue weighted by Gasteiger charge is -2.23. The van der Waals surface area contributed by atoms with E-state index in [-0.39, 0.29) is 17.9 Å². The van der Waals surface area contributed by atoms with Crippen LogP contribution >= 0.6 is 35.0 Å². The first-order valence-electron chi connectivity index (χ1n) is 9.96. The number of nitrogens with zero attached hydrogens (tertiary/aromatic N) is 1. The Bertz CT molecular complexity index is 1190. The van der Waals surface area contributed by atoms with Crippen molar-refractivity contribution >= 4 is 46.8 Å². The molecule has 0 bridgehead atoms. The Morgan fingerprint density at radius 1 is 1.09 bits per heavy atom. The van der Waals surface area contributed by atoms with Gasteiger partial charge in [0.1, 0.15) is 0 Å². The third kappa shape index (κ3) is 5.11. The van der Waals surface area contributed by atoms with E-state index in [1.165, 1.54) is 17.0 Å². The number of rotatable bonds is 6. The molecule has 5 nitrogen and oxygen atoms in total. The van der Waals surface area contributed by atoms with Crippen LogP contribution in [0.2, 0.25) is 10.0 Å². The van der Waals surface area contributed by atoms with Gasteiger partial charge in [-0.1, -0.05) is 53.5 Å². The van der Waals surface area contributed by atoms with Crippen molar-refractivity contribution in [1.29, 1.82) is 0 Å². The zero-order chi connectivity index (χ0) is 23.5. The average molecular weight is 506 g/mol. The van der Waals surface area contributed by atoms with E-state index in [0.717, 1.165) is 17.8 Å². The van der Waals surface area contributed by atoms with E-state index in [1.807, 2.05) is 0 Å². The van der Waals surface area contributed by atoms with Gasteiger partial charge in [-0.15, -0.1) is 11.8 Å². The van der Waals surface area contributed by atoms with Gasteiger partial charge in [-0.2, -0.15) is 0 Å². The van der Waals surface area contributed by atoms with Gasteiger partial charge in [-0.05, 0) is 42.0 Å². The molecule has 2 atom stereocenters. The second-order valence-electron chi connectivity index (χ2n) is 7.28. The number of thioether (sulfide) groups is 1. The molecule has 9 heteroatoms. The molecular formula is C24H18Cl2FNO4S. The van der Waals surface area contributed by atoms with Crippen LogP contribution < -0.4 is 4.74 Å². The zero-order valence-electron chi connectivity index (χ0n) is 17.1. The topological polar surface area (TPSA) is 66.8 Å². The molecule has 0 aliphatic carbocycles. The molecule has 3 aromatic carbocycles. The number of hydrogen-bond donors (Lipinski definition) is 1. The maximum Gasteiger partial charge on any atom is 0.337 e. The van der Waals surface area contributed by atoms with Crippen molar-refractivity contribution in [2.45, 2.75) is 11.5 Å². The summed E-state index contributed by atoms with van der Waals surface area (Å²) in [6.07, 6.45) is -0.724. The fourth-order valence-corrected chi connectivity index (χ4v) is 4.95. The number of halogens is 3. The Hall–Kier alpha value is -2.74. The van der Waals surface area contributed by atoms with Crippen LogP contribution in [0.3, 0.4) is 0 Å². The van der Waals surface area contributed by atoms with Crippen LogP contribution in [0.1, 0.15) is 27.6 Å². The number of hydrogen-bond acceptors (Lipinski definition) is 4. The first-order valence-corrected chi connectivity index (χ1v) is 11.8. The van der Waals surface area contributed by atoms with E-state index in [0.29, 0.717) is 26.9 Å². The average Bonchev–Trinajstić information content (AvgIpc) is 3.30. The summed E-state index contributed by atoms with van der Waals surface area (Å²) < 4.78 is 21.1. The summed E-state index contributed by atoms with van der Waals surface area (Å²) in [7, 11) is 0. The van der Waals surface area contributed by atoms with Crippen molar-refractivity contribution in [3.8, 4) is 5.75 Å². The van der Waals surface area contributed by atoms with Gasteiger partial charge in [0.25, 0.3) is 5.91 Å².